The van der Waals surface area contributed by atoms with Gasteiger partial charge in [-0.15, -0.1) is 0 Å². The van der Waals surface area contributed by atoms with E-state index in [0.29, 0.717) is 26.0 Å². The molecule has 1 aliphatic rings. The largest absolute Gasteiger partial charge is 0.492 e. The SMILES string of the molecule is COC1(C(=O)NCCOc2ccccc2)CCNCC1. The van der Waals surface area contributed by atoms with Gasteiger partial charge in [0.25, 0.3) is 5.91 Å². The number of nitrogens with one attached hydrogen (secondary N) is 2. The third kappa shape index (κ3) is 3.71. The summed E-state index contributed by atoms with van der Waals surface area (Å²) in [5.74, 6) is 0.767. The Bertz CT molecular complexity index is 416. The number of carbonyl (C=O) groups is 1. The summed E-state index contributed by atoms with van der Waals surface area (Å²) in [6.45, 7) is 2.55. The first kappa shape index (κ1) is 14.8. The number of piperidine rings is 1. The molecule has 1 heterocycles. The predicted octanol–water partition coefficient (Wildman–Crippen LogP) is 0.950. The van der Waals surface area contributed by atoms with Gasteiger partial charge in [-0.3, -0.25) is 4.79 Å². The molecule has 1 aliphatic heterocycles. The van der Waals surface area contributed by atoms with Gasteiger partial charge in [0, 0.05) is 7.11 Å². The van der Waals surface area contributed by atoms with Crippen LogP contribution in [0.1, 0.15) is 12.8 Å². The van der Waals surface area contributed by atoms with Crippen LogP contribution in [0.5, 0.6) is 5.75 Å². The van der Waals surface area contributed by atoms with Gasteiger partial charge < -0.3 is 20.1 Å². The second kappa shape index (κ2) is 7.26. The van der Waals surface area contributed by atoms with Crippen molar-refractivity contribution in [3.8, 4) is 5.75 Å². The van der Waals surface area contributed by atoms with Crippen LogP contribution in [0.25, 0.3) is 0 Å². The lowest BCUT2D eigenvalue weighted by Crippen LogP contribution is -2.54. The van der Waals surface area contributed by atoms with Crippen LogP contribution in [0.4, 0.5) is 0 Å². The highest BCUT2D eigenvalue weighted by molar-refractivity contribution is 5.85. The van der Waals surface area contributed by atoms with Crippen LogP contribution < -0.4 is 15.4 Å². The maximum absolute atomic E-state index is 12.2. The summed E-state index contributed by atoms with van der Waals surface area (Å²) in [5, 5.41) is 6.13. The molecule has 0 aromatic heterocycles. The summed E-state index contributed by atoms with van der Waals surface area (Å²) in [4.78, 5) is 12.2. The summed E-state index contributed by atoms with van der Waals surface area (Å²) in [5.41, 5.74) is -0.683. The molecule has 0 atom stereocenters. The molecule has 5 heteroatoms. The van der Waals surface area contributed by atoms with Crippen LogP contribution in [0.2, 0.25) is 0 Å². The Labute approximate surface area is 119 Å². The standard InChI is InChI=1S/C15H22N2O3/c1-19-15(7-9-16-10-8-15)14(18)17-11-12-20-13-5-3-2-4-6-13/h2-6,16H,7-12H2,1H3,(H,17,18). The number of amides is 1. The number of methoxy groups -OCH3 is 1. The fourth-order valence-electron chi connectivity index (χ4n) is 2.37. The molecule has 1 amide bonds. The molecule has 0 aliphatic carbocycles. The molecule has 0 unspecified atom stereocenters. The molecule has 1 saturated heterocycles. The van der Waals surface area contributed by atoms with Gasteiger partial charge in [0.2, 0.25) is 0 Å². The minimum Gasteiger partial charge on any atom is -0.492 e. The van der Waals surface area contributed by atoms with E-state index in [2.05, 4.69) is 10.6 Å². The van der Waals surface area contributed by atoms with Crippen molar-refractivity contribution in [2.24, 2.45) is 0 Å². The normalized spacial score (nSPS) is 17.4. The molecular formula is C15H22N2O3. The van der Waals surface area contributed by atoms with Gasteiger partial charge in [0.15, 0.2) is 0 Å². The van der Waals surface area contributed by atoms with E-state index in [1.54, 1.807) is 7.11 Å². The second-order valence-electron chi connectivity index (χ2n) is 4.87. The minimum atomic E-state index is -0.683. The number of rotatable bonds is 6. The molecule has 0 saturated carbocycles. The molecule has 1 aromatic rings. The zero-order valence-electron chi connectivity index (χ0n) is 11.9. The van der Waals surface area contributed by atoms with Crippen LogP contribution in [0.15, 0.2) is 30.3 Å². The molecule has 5 nitrogen and oxygen atoms in total. The first-order valence-electron chi connectivity index (χ1n) is 6.99. The fraction of sp³-hybridized carbons (Fsp3) is 0.533. The molecule has 1 fully saturated rings. The molecule has 2 rings (SSSR count). The summed E-state index contributed by atoms with van der Waals surface area (Å²) < 4.78 is 11.0. The third-order valence-corrected chi connectivity index (χ3v) is 3.62. The van der Waals surface area contributed by atoms with Gasteiger partial charge in [0.05, 0.1) is 6.54 Å². The molecular weight excluding hydrogens is 256 g/mol. The van der Waals surface area contributed by atoms with E-state index in [1.165, 1.54) is 0 Å². The molecule has 20 heavy (non-hydrogen) atoms. The van der Waals surface area contributed by atoms with E-state index in [9.17, 15) is 4.79 Å². The van der Waals surface area contributed by atoms with Crippen LogP contribution in [-0.2, 0) is 9.53 Å². The van der Waals surface area contributed by atoms with Gasteiger partial charge in [-0.25, -0.2) is 0 Å². The second-order valence-corrected chi connectivity index (χ2v) is 4.87. The van der Waals surface area contributed by atoms with Crippen molar-refractivity contribution in [2.75, 3.05) is 33.4 Å². The van der Waals surface area contributed by atoms with Crippen LogP contribution in [-0.4, -0.2) is 44.9 Å². The number of hydrogen-bond acceptors (Lipinski definition) is 4. The average Bonchev–Trinajstić information content (AvgIpc) is 2.53. The Morgan fingerprint density at radius 2 is 2.00 bits per heavy atom. The van der Waals surface area contributed by atoms with Gasteiger partial charge in [-0.2, -0.15) is 0 Å². The maximum atomic E-state index is 12.2. The Balaban J connectivity index is 1.74. The Morgan fingerprint density at radius 3 is 2.65 bits per heavy atom. The van der Waals surface area contributed by atoms with E-state index in [0.717, 1.165) is 18.8 Å². The van der Waals surface area contributed by atoms with E-state index in [1.807, 2.05) is 30.3 Å². The van der Waals surface area contributed by atoms with Crippen molar-refractivity contribution in [1.82, 2.24) is 10.6 Å². The zero-order chi connectivity index (χ0) is 14.3. The number of hydrogen-bond donors (Lipinski definition) is 2. The Morgan fingerprint density at radius 1 is 1.30 bits per heavy atom. The van der Waals surface area contributed by atoms with E-state index < -0.39 is 5.60 Å². The van der Waals surface area contributed by atoms with Crippen LogP contribution >= 0.6 is 0 Å². The molecule has 0 radical (unpaired) electrons. The number of ether oxygens (including phenoxy) is 2. The van der Waals surface area contributed by atoms with Crippen molar-refractivity contribution in [3.63, 3.8) is 0 Å². The van der Waals surface area contributed by atoms with Crippen LogP contribution in [0.3, 0.4) is 0 Å². The molecule has 110 valence electrons. The first-order valence-corrected chi connectivity index (χ1v) is 6.99. The predicted molar refractivity (Wildman–Crippen MR) is 76.8 cm³/mol. The van der Waals surface area contributed by atoms with Crippen molar-refractivity contribution < 1.29 is 14.3 Å². The first-order chi connectivity index (χ1) is 9.77. The fourth-order valence-corrected chi connectivity index (χ4v) is 2.37. The Hall–Kier alpha value is -1.59. The summed E-state index contributed by atoms with van der Waals surface area (Å²) in [6, 6.07) is 9.57. The maximum Gasteiger partial charge on any atom is 0.252 e. The molecule has 1 aromatic carbocycles. The zero-order valence-corrected chi connectivity index (χ0v) is 11.9. The quantitative estimate of drug-likeness (QED) is 0.761. The summed E-state index contributed by atoms with van der Waals surface area (Å²) in [7, 11) is 1.60. The van der Waals surface area contributed by atoms with Crippen molar-refractivity contribution in [2.45, 2.75) is 18.4 Å². The lowest BCUT2D eigenvalue weighted by Gasteiger charge is -2.34. The number of para-hydroxylation sites is 1. The van der Waals surface area contributed by atoms with Gasteiger partial charge >= 0.3 is 0 Å². The minimum absolute atomic E-state index is 0.0434. The smallest absolute Gasteiger partial charge is 0.252 e. The van der Waals surface area contributed by atoms with Gasteiger partial charge in [0.1, 0.15) is 18.0 Å². The topological polar surface area (TPSA) is 59.6 Å². The lowest BCUT2D eigenvalue weighted by molar-refractivity contribution is -0.146. The summed E-state index contributed by atoms with van der Waals surface area (Å²) in [6.07, 6.45) is 1.41. The highest BCUT2D eigenvalue weighted by atomic mass is 16.5. The monoisotopic (exact) mass is 278 g/mol. The van der Waals surface area contributed by atoms with E-state index >= 15 is 0 Å². The van der Waals surface area contributed by atoms with Crippen LogP contribution in [0, 0.1) is 0 Å². The van der Waals surface area contributed by atoms with Gasteiger partial charge in [-0.1, -0.05) is 18.2 Å². The Kier molecular flexibility index (Phi) is 5.38. The highest BCUT2D eigenvalue weighted by Crippen LogP contribution is 2.22. The van der Waals surface area contributed by atoms with E-state index in [-0.39, 0.29) is 5.91 Å². The molecule has 0 bridgehead atoms. The molecule has 2 N–H and O–H groups in total. The lowest BCUT2D eigenvalue weighted by atomic mass is 9.91. The van der Waals surface area contributed by atoms with E-state index in [4.69, 9.17) is 9.47 Å². The van der Waals surface area contributed by atoms with Crippen molar-refractivity contribution >= 4 is 5.91 Å². The number of benzene rings is 1. The van der Waals surface area contributed by atoms with Crippen molar-refractivity contribution in [1.29, 1.82) is 0 Å². The highest BCUT2D eigenvalue weighted by Gasteiger charge is 2.39. The average molecular weight is 278 g/mol. The third-order valence-electron chi connectivity index (χ3n) is 3.62. The van der Waals surface area contributed by atoms with Gasteiger partial charge in [-0.05, 0) is 38.1 Å². The van der Waals surface area contributed by atoms with Crippen molar-refractivity contribution in [3.05, 3.63) is 30.3 Å². The number of carbonyl (C=O) groups excluding carboxylic acids is 1. The molecule has 0 spiro atoms. The summed E-state index contributed by atoms with van der Waals surface area (Å²) >= 11 is 0.